The number of nitrogens with two attached hydrogens (primary N) is 1. The minimum absolute atomic E-state index is 0.561. The summed E-state index contributed by atoms with van der Waals surface area (Å²) < 4.78 is 0. The maximum Gasteiger partial charge on any atom is 0.00701 e. The molecule has 1 heteroatoms. The van der Waals surface area contributed by atoms with Gasteiger partial charge in [0, 0.05) is 6.04 Å². The van der Waals surface area contributed by atoms with Crippen LogP contribution in [0.2, 0.25) is 0 Å². The minimum Gasteiger partial charge on any atom is -0.327 e. The van der Waals surface area contributed by atoms with Crippen LogP contribution in [0.15, 0.2) is 0 Å². The Morgan fingerprint density at radius 2 is 1.89 bits per heavy atom. The van der Waals surface area contributed by atoms with Crippen molar-refractivity contribution in [2.75, 3.05) is 0 Å². The summed E-state index contributed by atoms with van der Waals surface area (Å²) in [5, 5.41) is 0. The Balaban J connectivity index is 2.10. The van der Waals surface area contributed by atoms with Crippen molar-refractivity contribution >= 4 is 0 Å². The van der Waals surface area contributed by atoms with Crippen LogP contribution in [0.5, 0.6) is 0 Å². The third kappa shape index (κ3) is 0.710. The average molecular weight is 125 g/mol. The van der Waals surface area contributed by atoms with Gasteiger partial charge in [0.1, 0.15) is 0 Å². The molecule has 1 nitrogen and oxygen atoms in total. The van der Waals surface area contributed by atoms with E-state index in [0.29, 0.717) is 6.04 Å². The highest BCUT2D eigenvalue weighted by Crippen LogP contribution is 2.47. The predicted octanol–water partition coefficient (Wildman–Crippen LogP) is 1.38. The van der Waals surface area contributed by atoms with Crippen molar-refractivity contribution in [1.82, 2.24) is 0 Å². The van der Waals surface area contributed by atoms with Crippen molar-refractivity contribution in [3.8, 4) is 0 Å². The Morgan fingerprint density at radius 3 is 2.22 bits per heavy atom. The molecule has 2 N–H and O–H groups in total. The molecule has 9 heavy (non-hydrogen) atoms. The van der Waals surface area contributed by atoms with E-state index in [9.17, 15) is 0 Å². The van der Waals surface area contributed by atoms with Crippen molar-refractivity contribution in [2.45, 2.75) is 32.2 Å². The highest BCUT2D eigenvalue weighted by atomic mass is 14.7. The summed E-state index contributed by atoms with van der Waals surface area (Å²) in [7, 11) is 0. The molecule has 2 aliphatic carbocycles. The van der Waals surface area contributed by atoms with E-state index >= 15 is 0 Å². The van der Waals surface area contributed by atoms with Gasteiger partial charge in [0.25, 0.3) is 0 Å². The van der Waals surface area contributed by atoms with Gasteiger partial charge in [-0.05, 0) is 37.0 Å². The monoisotopic (exact) mass is 125 g/mol. The Labute approximate surface area is 56.6 Å². The van der Waals surface area contributed by atoms with Crippen LogP contribution >= 0.6 is 0 Å². The molecule has 2 bridgehead atoms. The van der Waals surface area contributed by atoms with E-state index in [4.69, 9.17) is 5.73 Å². The van der Waals surface area contributed by atoms with E-state index in [1.165, 1.54) is 19.3 Å². The highest BCUT2D eigenvalue weighted by molar-refractivity contribution is 4.95. The van der Waals surface area contributed by atoms with Crippen LogP contribution in [0, 0.1) is 17.8 Å². The molecule has 2 aliphatic rings. The maximum absolute atomic E-state index is 5.88. The number of rotatable bonds is 0. The molecule has 2 saturated carbocycles. The normalized spacial score (nSPS) is 56.7. The lowest BCUT2D eigenvalue weighted by Crippen LogP contribution is -2.28. The zero-order valence-electron chi connectivity index (χ0n) is 6.01. The molecule has 0 spiro atoms. The molecule has 0 aromatic rings. The van der Waals surface area contributed by atoms with Gasteiger partial charge in [-0.3, -0.25) is 0 Å². The van der Waals surface area contributed by atoms with Crippen LogP contribution in [0.3, 0.4) is 0 Å². The van der Waals surface area contributed by atoms with Crippen LogP contribution in [-0.2, 0) is 0 Å². The summed E-state index contributed by atoms with van der Waals surface area (Å²) in [4.78, 5) is 0. The molecule has 4 unspecified atom stereocenters. The van der Waals surface area contributed by atoms with Crippen LogP contribution in [0.25, 0.3) is 0 Å². The zero-order chi connectivity index (χ0) is 6.43. The maximum atomic E-state index is 5.88. The topological polar surface area (TPSA) is 26.0 Å². The van der Waals surface area contributed by atoms with Crippen LogP contribution < -0.4 is 5.73 Å². The quantitative estimate of drug-likeness (QED) is 0.520. The zero-order valence-corrected chi connectivity index (χ0v) is 6.01. The fourth-order valence-corrected chi connectivity index (χ4v) is 2.61. The number of hydrogen-bond donors (Lipinski definition) is 1. The van der Waals surface area contributed by atoms with Crippen LogP contribution in [-0.4, -0.2) is 6.04 Å². The van der Waals surface area contributed by atoms with E-state index in [1.807, 2.05) is 0 Å². The summed E-state index contributed by atoms with van der Waals surface area (Å²) in [6, 6.07) is 0.561. The van der Waals surface area contributed by atoms with Crippen molar-refractivity contribution in [1.29, 1.82) is 0 Å². The molecule has 52 valence electrons. The fraction of sp³-hybridized carbons (Fsp3) is 1.00. The van der Waals surface area contributed by atoms with Gasteiger partial charge in [-0.15, -0.1) is 0 Å². The first kappa shape index (κ1) is 5.72. The molecule has 2 rings (SSSR count). The van der Waals surface area contributed by atoms with Gasteiger partial charge >= 0.3 is 0 Å². The molecule has 2 fully saturated rings. The van der Waals surface area contributed by atoms with Crippen LogP contribution in [0.4, 0.5) is 0 Å². The van der Waals surface area contributed by atoms with Gasteiger partial charge in [-0.25, -0.2) is 0 Å². The summed E-state index contributed by atoms with van der Waals surface area (Å²) >= 11 is 0. The Hall–Kier alpha value is -0.0400. The first-order valence-electron chi connectivity index (χ1n) is 4.03. The van der Waals surface area contributed by atoms with Gasteiger partial charge in [0.05, 0.1) is 0 Å². The summed E-state index contributed by atoms with van der Waals surface area (Å²) in [5.41, 5.74) is 5.88. The molecular weight excluding hydrogens is 110 g/mol. The van der Waals surface area contributed by atoms with Gasteiger partial charge in [-0.1, -0.05) is 6.92 Å². The van der Waals surface area contributed by atoms with E-state index < -0.39 is 0 Å². The molecule has 0 aliphatic heterocycles. The molecule has 0 amide bonds. The van der Waals surface area contributed by atoms with Gasteiger partial charge in [0.15, 0.2) is 0 Å². The Bertz CT molecular complexity index is 104. The summed E-state index contributed by atoms with van der Waals surface area (Å²) in [6.07, 6.45) is 4.15. The SMILES string of the molecule is CC1CC2CC1CC2N. The lowest BCUT2D eigenvalue weighted by atomic mass is 9.88. The van der Waals surface area contributed by atoms with Crippen molar-refractivity contribution < 1.29 is 0 Å². The second-order valence-corrected chi connectivity index (χ2v) is 3.87. The van der Waals surface area contributed by atoms with Gasteiger partial charge in [0.2, 0.25) is 0 Å². The lowest BCUT2D eigenvalue weighted by molar-refractivity contribution is 0.327. The van der Waals surface area contributed by atoms with E-state index in [0.717, 1.165) is 17.8 Å². The minimum atomic E-state index is 0.561. The first-order valence-corrected chi connectivity index (χ1v) is 4.03. The second-order valence-electron chi connectivity index (χ2n) is 3.87. The standard InChI is InChI=1S/C8H15N/c1-5-2-7-3-6(5)4-8(7)9/h5-8H,2-4,9H2,1H3. The molecular formula is C8H15N. The Kier molecular flexibility index (Phi) is 1.10. The largest absolute Gasteiger partial charge is 0.327 e. The molecule has 0 saturated heterocycles. The fourth-order valence-electron chi connectivity index (χ4n) is 2.61. The third-order valence-electron chi connectivity index (χ3n) is 3.27. The third-order valence-corrected chi connectivity index (χ3v) is 3.27. The van der Waals surface area contributed by atoms with E-state index in [2.05, 4.69) is 6.92 Å². The average Bonchev–Trinajstić information content (AvgIpc) is 2.24. The summed E-state index contributed by atoms with van der Waals surface area (Å²) in [6.45, 7) is 2.37. The molecule has 0 aromatic carbocycles. The smallest absolute Gasteiger partial charge is 0.00701 e. The predicted molar refractivity (Wildman–Crippen MR) is 38.0 cm³/mol. The lowest BCUT2D eigenvalue weighted by Gasteiger charge is -2.21. The number of hydrogen-bond acceptors (Lipinski definition) is 1. The first-order chi connectivity index (χ1) is 4.27. The van der Waals surface area contributed by atoms with E-state index in [-0.39, 0.29) is 0 Å². The van der Waals surface area contributed by atoms with Crippen molar-refractivity contribution in [2.24, 2.45) is 23.5 Å². The molecule has 4 atom stereocenters. The van der Waals surface area contributed by atoms with Crippen LogP contribution in [0.1, 0.15) is 26.2 Å². The molecule has 0 heterocycles. The molecule has 0 radical (unpaired) electrons. The van der Waals surface area contributed by atoms with Gasteiger partial charge in [-0.2, -0.15) is 0 Å². The van der Waals surface area contributed by atoms with Crippen molar-refractivity contribution in [3.63, 3.8) is 0 Å². The van der Waals surface area contributed by atoms with Crippen molar-refractivity contribution in [3.05, 3.63) is 0 Å². The Morgan fingerprint density at radius 1 is 1.11 bits per heavy atom. The molecule has 0 aromatic heterocycles. The highest BCUT2D eigenvalue weighted by Gasteiger charge is 2.41. The second kappa shape index (κ2) is 1.72. The summed E-state index contributed by atoms with van der Waals surface area (Å²) in [5.74, 6) is 2.87. The number of fused-ring (bicyclic) bond motifs is 2. The van der Waals surface area contributed by atoms with E-state index in [1.54, 1.807) is 0 Å². The van der Waals surface area contributed by atoms with Gasteiger partial charge < -0.3 is 5.73 Å².